The van der Waals surface area contributed by atoms with Crippen LogP contribution in [0.5, 0.6) is 5.75 Å². The first-order valence-electron chi connectivity index (χ1n) is 5.07. The number of aromatic nitrogens is 1. The molecule has 1 aromatic heterocycles. The van der Waals surface area contributed by atoms with Gasteiger partial charge in [-0.15, -0.1) is 0 Å². The second-order valence-electron chi connectivity index (χ2n) is 3.39. The van der Waals surface area contributed by atoms with Crippen LogP contribution in [0.3, 0.4) is 0 Å². The van der Waals surface area contributed by atoms with E-state index in [9.17, 15) is 0 Å². The summed E-state index contributed by atoms with van der Waals surface area (Å²) in [6.07, 6.45) is 1.57. The van der Waals surface area contributed by atoms with E-state index in [1.807, 2.05) is 0 Å². The fraction of sp³-hybridized carbons (Fsp3) is 0.444. The summed E-state index contributed by atoms with van der Waals surface area (Å²) >= 11 is 0. The predicted octanol–water partition coefficient (Wildman–Crippen LogP) is -0.734. The van der Waals surface area contributed by atoms with Crippen LogP contribution in [0.25, 0.3) is 0 Å². The highest BCUT2D eigenvalue weighted by Gasteiger charge is 2.15. The molecule has 1 fully saturated rings. The van der Waals surface area contributed by atoms with Gasteiger partial charge in [0, 0.05) is 25.4 Å². The molecular formula is C9H13BN2O4. The molecule has 1 aromatic rings. The normalized spacial score (nSPS) is 16.0. The van der Waals surface area contributed by atoms with Crippen LogP contribution < -0.4 is 9.55 Å². The first-order valence-corrected chi connectivity index (χ1v) is 5.07. The fourth-order valence-electron chi connectivity index (χ4n) is 1.56. The van der Waals surface area contributed by atoms with Gasteiger partial charge in [-0.25, -0.2) is 4.98 Å². The smallest absolute Gasteiger partial charge is 0.512 e. The van der Waals surface area contributed by atoms with Gasteiger partial charge in [-0.3, -0.25) is 0 Å². The number of anilines is 1. The number of pyridine rings is 1. The maximum absolute atomic E-state index is 8.69. The molecule has 7 heteroatoms. The Kier molecular flexibility index (Phi) is 3.60. The van der Waals surface area contributed by atoms with E-state index < -0.39 is 7.32 Å². The Morgan fingerprint density at radius 1 is 1.38 bits per heavy atom. The van der Waals surface area contributed by atoms with Gasteiger partial charge in [-0.1, -0.05) is 0 Å². The van der Waals surface area contributed by atoms with Gasteiger partial charge in [0.2, 0.25) is 0 Å². The Labute approximate surface area is 93.6 Å². The molecule has 0 saturated carbocycles. The van der Waals surface area contributed by atoms with Crippen LogP contribution in [-0.2, 0) is 4.74 Å². The summed E-state index contributed by atoms with van der Waals surface area (Å²) in [7, 11) is -1.81. The number of ether oxygens (including phenoxy) is 1. The highest BCUT2D eigenvalue weighted by atomic mass is 16.6. The lowest BCUT2D eigenvalue weighted by molar-refractivity contribution is 0.122. The molecule has 0 spiro atoms. The summed E-state index contributed by atoms with van der Waals surface area (Å²) < 4.78 is 9.99. The molecule has 2 N–H and O–H groups in total. The summed E-state index contributed by atoms with van der Waals surface area (Å²) in [5.74, 6) is 1.13. The molecule has 0 radical (unpaired) electrons. The molecule has 16 heavy (non-hydrogen) atoms. The van der Waals surface area contributed by atoms with Crippen LogP contribution >= 0.6 is 0 Å². The molecule has 0 aromatic carbocycles. The third kappa shape index (κ3) is 2.85. The van der Waals surface area contributed by atoms with Gasteiger partial charge in [-0.2, -0.15) is 0 Å². The van der Waals surface area contributed by atoms with Crippen molar-refractivity contribution in [2.24, 2.45) is 0 Å². The van der Waals surface area contributed by atoms with Crippen molar-refractivity contribution in [2.75, 3.05) is 31.2 Å². The molecule has 6 nitrogen and oxygen atoms in total. The topological polar surface area (TPSA) is 75.0 Å². The van der Waals surface area contributed by atoms with E-state index >= 15 is 0 Å². The van der Waals surface area contributed by atoms with Crippen molar-refractivity contribution < 1.29 is 19.4 Å². The van der Waals surface area contributed by atoms with E-state index in [-0.39, 0.29) is 0 Å². The van der Waals surface area contributed by atoms with Crippen LogP contribution in [0.4, 0.5) is 5.82 Å². The predicted molar refractivity (Wildman–Crippen MR) is 58.1 cm³/mol. The second-order valence-corrected chi connectivity index (χ2v) is 3.39. The standard InChI is InChI=1S/C9H13BN2O4/c13-10(14)16-8-1-2-11-9(7-8)12-3-5-15-6-4-12/h1-2,7,13-14H,3-6H2. The minimum atomic E-state index is -1.81. The Morgan fingerprint density at radius 3 is 2.81 bits per heavy atom. The van der Waals surface area contributed by atoms with Crippen LogP contribution in [0.2, 0.25) is 0 Å². The van der Waals surface area contributed by atoms with E-state index in [0.29, 0.717) is 19.0 Å². The molecule has 1 saturated heterocycles. The Hall–Kier alpha value is -1.31. The van der Waals surface area contributed by atoms with Crippen molar-refractivity contribution in [2.45, 2.75) is 0 Å². The van der Waals surface area contributed by atoms with E-state index in [1.165, 1.54) is 0 Å². The van der Waals surface area contributed by atoms with Crippen molar-refractivity contribution in [3.05, 3.63) is 18.3 Å². The van der Waals surface area contributed by atoms with E-state index in [2.05, 4.69) is 9.88 Å². The summed E-state index contributed by atoms with van der Waals surface area (Å²) in [5, 5.41) is 17.4. The lowest BCUT2D eigenvalue weighted by Gasteiger charge is -2.27. The molecule has 2 heterocycles. The zero-order valence-corrected chi connectivity index (χ0v) is 8.74. The lowest BCUT2D eigenvalue weighted by Crippen LogP contribution is -2.36. The number of hydrogen-bond acceptors (Lipinski definition) is 6. The van der Waals surface area contributed by atoms with Crippen LogP contribution in [0.15, 0.2) is 18.3 Å². The Bertz CT molecular complexity index is 344. The van der Waals surface area contributed by atoms with Crippen LogP contribution in [-0.4, -0.2) is 48.7 Å². The number of nitrogens with zero attached hydrogens (tertiary/aromatic N) is 2. The zero-order valence-electron chi connectivity index (χ0n) is 8.74. The van der Waals surface area contributed by atoms with Gasteiger partial charge >= 0.3 is 7.32 Å². The van der Waals surface area contributed by atoms with Crippen molar-refractivity contribution in [1.29, 1.82) is 0 Å². The molecule has 0 aliphatic carbocycles. The third-order valence-corrected chi connectivity index (χ3v) is 2.29. The first kappa shape index (κ1) is 11.2. The Morgan fingerprint density at radius 2 is 2.12 bits per heavy atom. The van der Waals surface area contributed by atoms with Crippen LogP contribution in [0.1, 0.15) is 0 Å². The summed E-state index contributed by atoms with van der Waals surface area (Å²) in [6.45, 7) is 2.90. The summed E-state index contributed by atoms with van der Waals surface area (Å²) in [5.41, 5.74) is 0. The molecular weight excluding hydrogens is 211 g/mol. The van der Waals surface area contributed by atoms with E-state index in [4.69, 9.17) is 19.4 Å². The second kappa shape index (κ2) is 5.15. The number of morpholine rings is 1. The molecule has 1 aliphatic rings. The number of rotatable bonds is 3. The summed E-state index contributed by atoms with van der Waals surface area (Å²) in [4.78, 5) is 6.25. The van der Waals surface area contributed by atoms with Crippen molar-refractivity contribution in [3.63, 3.8) is 0 Å². The van der Waals surface area contributed by atoms with Gasteiger partial charge in [0.05, 0.1) is 13.2 Å². The van der Waals surface area contributed by atoms with Gasteiger partial charge in [-0.05, 0) is 6.07 Å². The van der Waals surface area contributed by atoms with Crippen molar-refractivity contribution >= 4 is 13.1 Å². The zero-order chi connectivity index (χ0) is 11.4. The Balaban J connectivity index is 2.08. The summed E-state index contributed by atoms with van der Waals surface area (Å²) in [6, 6.07) is 3.24. The third-order valence-electron chi connectivity index (χ3n) is 2.29. The maximum atomic E-state index is 8.69. The molecule has 86 valence electrons. The molecule has 0 amide bonds. The molecule has 0 bridgehead atoms. The average molecular weight is 224 g/mol. The molecule has 1 aliphatic heterocycles. The lowest BCUT2D eigenvalue weighted by atomic mass is 10.2. The van der Waals surface area contributed by atoms with E-state index in [0.717, 1.165) is 18.9 Å². The largest absolute Gasteiger partial charge is 0.707 e. The SMILES string of the molecule is OB(O)Oc1ccnc(N2CCOCC2)c1. The minimum absolute atomic E-state index is 0.381. The maximum Gasteiger partial charge on any atom is 0.707 e. The monoisotopic (exact) mass is 224 g/mol. The van der Waals surface area contributed by atoms with Gasteiger partial charge in [0.1, 0.15) is 11.6 Å². The highest BCUT2D eigenvalue weighted by Crippen LogP contribution is 2.19. The van der Waals surface area contributed by atoms with Gasteiger partial charge in [0.25, 0.3) is 0 Å². The quantitative estimate of drug-likeness (QED) is 0.659. The first-order chi connectivity index (χ1) is 7.75. The average Bonchev–Trinajstić information content (AvgIpc) is 2.30. The minimum Gasteiger partial charge on any atom is -0.512 e. The highest BCUT2D eigenvalue weighted by molar-refractivity contribution is 6.33. The number of hydrogen-bond donors (Lipinski definition) is 2. The van der Waals surface area contributed by atoms with Crippen molar-refractivity contribution in [1.82, 2.24) is 4.98 Å². The van der Waals surface area contributed by atoms with Gasteiger partial charge < -0.3 is 24.3 Å². The molecule has 0 unspecified atom stereocenters. The molecule has 2 rings (SSSR count). The van der Waals surface area contributed by atoms with Crippen molar-refractivity contribution in [3.8, 4) is 5.75 Å². The van der Waals surface area contributed by atoms with E-state index in [1.54, 1.807) is 18.3 Å². The van der Waals surface area contributed by atoms with Crippen LogP contribution in [0, 0.1) is 0 Å². The van der Waals surface area contributed by atoms with Gasteiger partial charge in [0.15, 0.2) is 0 Å². The molecule has 0 atom stereocenters. The fourth-order valence-corrected chi connectivity index (χ4v) is 1.56.